The fourth-order valence-corrected chi connectivity index (χ4v) is 3.88. The first kappa shape index (κ1) is 10.3. The summed E-state index contributed by atoms with van der Waals surface area (Å²) in [6.45, 7) is 2.69. The number of fused-ring (bicyclic) bond motifs is 1. The SMILES string of the molecule is O=S1(=O)CCCn2cc(C3CCNC3)nc21. The molecule has 3 heterocycles. The van der Waals surface area contributed by atoms with Gasteiger partial charge in [-0.3, -0.25) is 0 Å². The van der Waals surface area contributed by atoms with Crippen LogP contribution in [0.5, 0.6) is 0 Å². The van der Waals surface area contributed by atoms with Crippen molar-refractivity contribution in [1.82, 2.24) is 14.9 Å². The van der Waals surface area contributed by atoms with Crippen molar-refractivity contribution in [2.24, 2.45) is 0 Å². The van der Waals surface area contributed by atoms with Crippen LogP contribution in [-0.4, -0.2) is 36.8 Å². The van der Waals surface area contributed by atoms with Crippen LogP contribution in [0.3, 0.4) is 0 Å². The zero-order chi connectivity index (χ0) is 11.2. The van der Waals surface area contributed by atoms with Gasteiger partial charge in [-0.05, 0) is 19.4 Å². The molecule has 5 nitrogen and oxygen atoms in total. The fourth-order valence-electron chi connectivity index (χ4n) is 2.45. The summed E-state index contributed by atoms with van der Waals surface area (Å²) in [5, 5.41) is 3.55. The van der Waals surface area contributed by atoms with E-state index in [2.05, 4.69) is 10.3 Å². The fraction of sp³-hybridized carbons (Fsp3) is 0.700. The largest absolute Gasteiger partial charge is 0.322 e. The third-order valence-corrected chi connectivity index (χ3v) is 5.04. The van der Waals surface area contributed by atoms with Crippen molar-refractivity contribution >= 4 is 9.84 Å². The molecule has 1 saturated heterocycles. The quantitative estimate of drug-likeness (QED) is 0.759. The van der Waals surface area contributed by atoms with E-state index >= 15 is 0 Å². The second-order valence-electron chi connectivity index (χ2n) is 4.50. The van der Waals surface area contributed by atoms with Crippen molar-refractivity contribution in [3.05, 3.63) is 11.9 Å². The molecular weight excluding hydrogens is 226 g/mol. The van der Waals surface area contributed by atoms with Crippen LogP contribution in [0.2, 0.25) is 0 Å². The molecule has 16 heavy (non-hydrogen) atoms. The molecule has 0 saturated carbocycles. The molecular formula is C10H15N3O2S. The average Bonchev–Trinajstić information content (AvgIpc) is 2.84. The second-order valence-corrected chi connectivity index (χ2v) is 6.51. The van der Waals surface area contributed by atoms with Crippen LogP contribution in [0.1, 0.15) is 24.5 Å². The first-order valence-electron chi connectivity index (χ1n) is 5.67. The van der Waals surface area contributed by atoms with Crippen LogP contribution in [-0.2, 0) is 16.4 Å². The summed E-state index contributed by atoms with van der Waals surface area (Å²) in [7, 11) is -3.12. The van der Waals surface area contributed by atoms with Gasteiger partial charge in [0.05, 0.1) is 11.4 Å². The normalized spacial score (nSPS) is 27.9. The predicted molar refractivity (Wildman–Crippen MR) is 59.1 cm³/mol. The third-order valence-electron chi connectivity index (χ3n) is 3.33. The number of sulfone groups is 1. The smallest absolute Gasteiger partial charge is 0.227 e. The monoisotopic (exact) mass is 241 g/mol. The summed E-state index contributed by atoms with van der Waals surface area (Å²) in [4.78, 5) is 4.32. The maximum absolute atomic E-state index is 11.8. The molecule has 0 aliphatic carbocycles. The molecule has 1 unspecified atom stereocenters. The zero-order valence-electron chi connectivity index (χ0n) is 9.02. The van der Waals surface area contributed by atoms with Gasteiger partial charge in [0.2, 0.25) is 15.0 Å². The molecule has 1 N–H and O–H groups in total. The van der Waals surface area contributed by atoms with Crippen molar-refractivity contribution in [2.45, 2.75) is 30.5 Å². The summed E-state index contributed by atoms with van der Waals surface area (Å²) < 4.78 is 25.4. The van der Waals surface area contributed by atoms with Crippen molar-refractivity contribution in [1.29, 1.82) is 0 Å². The van der Waals surface area contributed by atoms with Gasteiger partial charge < -0.3 is 9.88 Å². The Balaban J connectivity index is 2.02. The molecule has 1 aromatic heterocycles. The zero-order valence-corrected chi connectivity index (χ0v) is 9.83. The number of hydrogen-bond donors (Lipinski definition) is 1. The number of nitrogens with one attached hydrogen (secondary N) is 1. The molecule has 1 atom stereocenters. The van der Waals surface area contributed by atoms with Crippen molar-refractivity contribution in [3.8, 4) is 0 Å². The van der Waals surface area contributed by atoms with Gasteiger partial charge in [-0.25, -0.2) is 13.4 Å². The minimum absolute atomic E-state index is 0.242. The highest BCUT2D eigenvalue weighted by Gasteiger charge is 2.29. The van der Waals surface area contributed by atoms with E-state index in [-0.39, 0.29) is 10.9 Å². The van der Waals surface area contributed by atoms with Crippen LogP contribution in [0.4, 0.5) is 0 Å². The number of aryl methyl sites for hydroxylation is 1. The summed E-state index contributed by atoms with van der Waals surface area (Å²) in [5.74, 6) is 0.625. The highest BCUT2D eigenvalue weighted by atomic mass is 32.2. The Bertz CT molecular complexity index is 500. The molecule has 1 aromatic rings. The topological polar surface area (TPSA) is 64.0 Å². The standard InChI is InChI=1S/C10H15N3O2S/c14-16(15)5-1-4-13-7-9(12-10(13)16)8-2-3-11-6-8/h7-8,11H,1-6H2. The van der Waals surface area contributed by atoms with Crippen LogP contribution < -0.4 is 5.32 Å². The highest BCUT2D eigenvalue weighted by molar-refractivity contribution is 7.91. The lowest BCUT2D eigenvalue weighted by Crippen LogP contribution is -2.20. The van der Waals surface area contributed by atoms with Gasteiger partial charge in [-0.1, -0.05) is 0 Å². The molecule has 0 aromatic carbocycles. The van der Waals surface area contributed by atoms with E-state index in [4.69, 9.17) is 0 Å². The van der Waals surface area contributed by atoms with Crippen molar-refractivity contribution in [2.75, 3.05) is 18.8 Å². The third kappa shape index (κ3) is 1.56. The maximum atomic E-state index is 11.8. The molecule has 3 rings (SSSR count). The van der Waals surface area contributed by atoms with Gasteiger partial charge in [0.1, 0.15) is 0 Å². The molecule has 88 valence electrons. The van der Waals surface area contributed by atoms with Crippen LogP contribution >= 0.6 is 0 Å². The Morgan fingerprint density at radius 3 is 3.06 bits per heavy atom. The lowest BCUT2D eigenvalue weighted by molar-refractivity contribution is 0.527. The maximum Gasteiger partial charge on any atom is 0.227 e. The van der Waals surface area contributed by atoms with Gasteiger partial charge in [0.25, 0.3) is 0 Å². The van der Waals surface area contributed by atoms with E-state index in [9.17, 15) is 8.42 Å². The Morgan fingerprint density at radius 1 is 1.50 bits per heavy atom. The molecule has 0 amide bonds. The van der Waals surface area contributed by atoms with Gasteiger partial charge in [-0.2, -0.15) is 0 Å². The first-order valence-corrected chi connectivity index (χ1v) is 7.32. The van der Waals surface area contributed by atoms with Gasteiger partial charge in [0.15, 0.2) is 0 Å². The molecule has 0 radical (unpaired) electrons. The van der Waals surface area contributed by atoms with E-state index in [0.717, 1.165) is 31.7 Å². The predicted octanol–water partition coefficient (Wildman–Crippen LogP) is 0.137. The average molecular weight is 241 g/mol. The van der Waals surface area contributed by atoms with Gasteiger partial charge >= 0.3 is 0 Å². The minimum atomic E-state index is -3.12. The molecule has 0 bridgehead atoms. The molecule has 2 aliphatic rings. The molecule has 6 heteroatoms. The summed E-state index contributed by atoms with van der Waals surface area (Å²) in [5.41, 5.74) is 0.936. The Kier molecular flexibility index (Phi) is 2.29. The van der Waals surface area contributed by atoms with E-state index in [1.54, 1.807) is 4.57 Å². The lowest BCUT2D eigenvalue weighted by atomic mass is 10.1. The first-order chi connectivity index (χ1) is 7.67. The Hall–Kier alpha value is -0.880. The van der Waals surface area contributed by atoms with Crippen LogP contribution in [0, 0.1) is 0 Å². The minimum Gasteiger partial charge on any atom is -0.322 e. The summed E-state index contributed by atoms with van der Waals surface area (Å²) in [6.07, 6.45) is 3.67. The van der Waals surface area contributed by atoms with Crippen LogP contribution in [0.25, 0.3) is 0 Å². The van der Waals surface area contributed by atoms with Gasteiger partial charge in [0, 0.05) is 25.2 Å². The van der Waals surface area contributed by atoms with Crippen LogP contribution in [0.15, 0.2) is 11.4 Å². The second kappa shape index (κ2) is 3.56. The van der Waals surface area contributed by atoms with E-state index in [1.165, 1.54) is 0 Å². The summed E-state index contributed by atoms with van der Waals surface area (Å²) in [6, 6.07) is 0. The Labute approximate surface area is 94.8 Å². The highest BCUT2D eigenvalue weighted by Crippen LogP contribution is 2.25. The Morgan fingerprint density at radius 2 is 2.38 bits per heavy atom. The lowest BCUT2D eigenvalue weighted by Gasteiger charge is -2.12. The molecule has 0 spiro atoms. The van der Waals surface area contributed by atoms with Crippen molar-refractivity contribution in [3.63, 3.8) is 0 Å². The van der Waals surface area contributed by atoms with Gasteiger partial charge in [-0.15, -0.1) is 0 Å². The molecule has 1 fully saturated rings. The number of aromatic nitrogens is 2. The summed E-state index contributed by atoms with van der Waals surface area (Å²) >= 11 is 0. The number of hydrogen-bond acceptors (Lipinski definition) is 4. The van der Waals surface area contributed by atoms with E-state index in [1.807, 2.05) is 6.20 Å². The number of nitrogens with zero attached hydrogens (tertiary/aromatic N) is 2. The molecule has 2 aliphatic heterocycles. The number of rotatable bonds is 1. The van der Waals surface area contributed by atoms with E-state index in [0.29, 0.717) is 12.3 Å². The van der Waals surface area contributed by atoms with Crippen molar-refractivity contribution < 1.29 is 8.42 Å². The number of imidazole rings is 1. The van der Waals surface area contributed by atoms with E-state index < -0.39 is 9.84 Å².